The first-order valence-electron chi connectivity index (χ1n) is 11.0. The molecule has 2 N–H and O–H groups in total. The van der Waals surface area contributed by atoms with Crippen LogP contribution >= 0.6 is 35.4 Å². The molecule has 7 nitrogen and oxygen atoms in total. The normalized spacial score (nSPS) is 11.2. The number of oxazole rings is 1. The number of halogens is 2. The summed E-state index contributed by atoms with van der Waals surface area (Å²) in [6, 6.07) is 17.9. The van der Waals surface area contributed by atoms with Crippen molar-refractivity contribution in [3.63, 3.8) is 0 Å². The highest BCUT2D eigenvalue weighted by atomic mass is 35.5. The third-order valence-electron chi connectivity index (χ3n) is 5.34. The number of furan rings is 1. The van der Waals surface area contributed by atoms with E-state index in [2.05, 4.69) is 20.6 Å². The molecule has 10 heteroatoms. The summed E-state index contributed by atoms with van der Waals surface area (Å²) < 4.78 is 11.6. The average molecular weight is 549 g/mol. The lowest BCUT2D eigenvalue weighted by atomic mass is 10.1. The van der Waals surface area contributed by atoms with Crippen LogP contribution in [0.15, 0.2) is 81.8 Å². The van der Waals surface area contributed by atoms with Gasteiger partial charge in [-0.25, -0.2) is 4.98 Å². The van der Waals surface area contributed by atoms with Crippen LogP contribution in [0.1, 0.15) is 11.3 Å². The van der Waals surface area contributed by atoms with E-state index < -0.39 is 5.91 Å². The van der Waals surface area contributed by atoms with E-state index in [1.807, 2.05) is 31.2 Å². The Kier molecular flexibility index (Phi) is 7.05. The summed E-state index contributed by atoms with van der Waals surface area (Å²) in [5.74, 6) is 1.06. The summed E-state index contributed by atoms with van der Waals surface area (Å²) in [5.41, 5.74) is 4.01. The van der Waals surface area contributed by atoms with E-state index in [0.717, 1.165) is 11.1 Å². The van der Waals surface area contributed by atoms with Crippen molar-refractivity contribution in [3.05, 3.63) is 94.3 Å². The Labute approximate surface area is 227 Å². The Hall–Kier alpha value is -3.98. The molecule has 2 aromatic carbocycles. The number of fused-ring (bicyclic) bond motifs is 1. The zero-order valence-electron chi connectivity index (χ0n) is 19.3. The van der Waals surface area contributed by atoms with Crippen LogP contribution in [0, 0.1) is 6.92 Å². The molecule has 0 radical (unpaired) electrons. The van der Waals surface area contributed by atoms with Gasteiger partial charge in [-0.15, -0.1) is 0 Å². The molecule has 0 unspecified atom stereocenters. The van der Waals surface area contributed by atoms with E-state index >= 15 is 0 Å². The number of carbonyl (C=O) groups is 1. The summed E-state index contributed by atoms with van der Waals surface area (Å²) in [4.78, 5) is 20.9. The second-order valence-electron chi connectivity index (χ2n) is 7.98. The molecule has 3 heterocycles. The number of hydrogen-bond acceptors (Lipinski definition) is 6. The number of nitrogens with zero attached hydrogens (tertiary/aromatic N) is 2. The Morgan fingerprint density at radius 2 is 1.89 bits per heavy atom. The third-order valence-corrected chi connectivity index (χ3v) is 6.28. The van der Waals surface area contributed by atoms with Crippen molar-refractivity contribution in [1.82, 2.24) is 15.3 Å². The summed E-state index contributed by atoms with van der Waals surface area (Å²) in [7, 11) is 0. The second kappa shape index (κ2) is 10.6. The molecule has 0 aliphatic heterocycles. The largest absolute Gasteiger partial charge is 0.457 e. The Morgan fingerprint density at radius 3 is 2.70 bits per heavy atom. The van der Waals surface area contributed by atoms with Crippen molar-refractivity contribution in [2.75, 3.05) is 5.32 Å². The van der Waals surface area contributed by atoms with Crippen LogP contribution < -0.4 is 10.6 Å². The molecular formula is C27H18Cl2N4O3S. The third kappa shape index (κ3) is 5.72. The molecular weight excluding hydrogens is 531 g/mol. The molecule has 1 amide bonds. The number of nitrogens with one attached hydrogen (secondary N) is 2. The lowest BCUT2D eigenvalue weighted by Crippen LogP contribution is -2.32. The van der Waals surface area contributed by atoms with Gasteiger partial charge in [0.15, 0.2) is 16.3 Å². The quantitative estimate of drug-likeness (QED) is 0.176. The fourth-order valence-corrected chi connectivity index (χ4v) is 4.07. The van der Waals surface area contributed by atoms with Gasteiger partial charge in [0.25, 0.3) is 0 Å². The second-order valence-corrected chi connectivity index (χ2v) is 9.20. The SMILES string of the molecule is Cc1ccc(-c2ccc(/C=C/C(=O)NC(=S)Nc3ccc(Cl)c(-c4nc5ncccc5o4)c3)o2)cc1Cl. The van der Waals surface area contributed by atoms with Crippen molar-refractivity contribution in [2.45, 2.75) is 6.92 Å². The predicted molar refractivity (Wildman–Crippen MR) is 150 cm³/mol. The molecule has 0 aliphatic rings. The van der Waals surface area contributed by atoms with Crippen LogP contribution in [0.5, 0.6) is 0 Å². The summed E-state index contributed by atoms with van der Waals surface area (Å²) in [6.45, 7) is 1.93. The number of anilines is 1. The first-order chi connectivity index (χ1) is 17.9. The minimum Gasteiger partial charge on any atom is -0.457 e. The van der Waals surface area contributed by atoms with Crippen molar-refractivity contribution < 1.29 is 13.6 Å². The van der Waals surface area contributed by atoms with Gasteiger partial charge in [-0.05, 0) is 79.3 Å². The molecule has 184 valence electrons. The molecule has 3 aromatic heterocycles. The minimum absolute atomic E-state index is 0.108. The average Bonchev–Trinajstić information content (AvgIpc) is 3.53. The predicted octanol–water partition coefficient (Wildman–Crippen LogP) is 7.29. The topological polar surface area (TPSA) is 93.2 Å². The van der Waals surface area contributed by atoms with Gasteiger partial charge < -0.3 is 14.2 Å². The number of pyridine rings is 1. The molecule has 5 aromatic rings. The van der Waals surface area contributed by atoms with E-state index in [0.29, 0.717) is 49.9 Å². The Morgan fingerprint density at radius 1 is 1.03 bits per heavy atom. The van der Waals surface area contributed by atoms with Crippen molar-refractivity contribution >= 4 is 69.4 Å². The zero-order chi connectivity index (χ0) is 25.9. The number of aromatic nitrogens is 2. The lowest BCUT2D eigenvalue weighted by Gasteiger charge is -2.09. The van der Waals surface area contributed by atoms with Crippen LogP contribution in [0.25, 0.3) is 40.1 Å². The van der Waals surface area contributed by atoms with E-state index in [9.17, 15) is 4.79 Å². The molecule has 0 atom stereocenters. The maximum atomic E-state index is 12.4. The van der Waals surface area contributed by atoms with Gasteiger partial charge in [-0.1, -0.05) is 35.3 Å². The van der Waals surface area contributed by atoms with Crippen LogP contribution in [-0.2, 0) is 4.79 Å². The standard InChI is InChI=1S/C27H18Cl2N4O3S/c1-15-4-5-16(13-21(15)29)22-10-7-18(35-22)8-11-24(34)32-27(37)31-17-6-9-20(28)19(14-17)26-33-25-23(36-26)3-2-12-30-25/h2-14H,1H3,(H2,31,32,34,37)/b11-8+. The number of benzene rings is 2. The van der Waals surface area contributed by atoms with Gasteiger partial charge in [0, 0.05) is 28.5 Å². The monoisotopic (exact) mass is 548 g/mol. The van der Waals surface area contributed by atoms with Crippen LogP contribution in [0.4, 0.5) is 5.69 Å². The number of thiocarbonyl (C=S) groups is 1. The van der Waals surface area contributed by atoms with Gasteiger partial charge in [0.05, 0.1) is 10.6 Å². The number of rotatable bonds is 5. The first-order valence-corrected chi connectivity index (χ1v) is 12.2. The summed E-state index contributed by atoms with van der Waals surface area (Å²) in [6.07, 6.45) is 4.52. The van der Waals surface area contributed by atoms with Crippen molar-refractivity contribution in [3.8, 4) is 22.8 Å². The number of aryl methyl sites for hydroxylation is 1. The highest BCUT2D eigenvalue weighted by Gasteiger charge is 2.14. The van der Waals surface area contributed by atoms with Crippen LogP contribution in [0.3, 0.4) is 0 Å². The van der Waals surface area contributed by atoms with Gasteiger partial charge in [0.2, 0.25) is 11.8 Å². The van der Waals surface area contributed by atoms with Crippen molar-refractivity contribution in [1.29, 1.82) is 0 Å². The number of carbonyl (C=O) groups excluding carboxylic acids is 1. The van der Waals surface area contributed by atoms with E-state index in [1.54, 1.807) is 48.7 Å². The van der Waals surface area contributed by atoms with Gasteiger partial charge in [-0.2, -0.15) is 4.98 Å². The van der Waals surface area contributed by atoms with Gasteiger partial charge in [-0.3, -0.25) is 10.1 Å². The Balaban J connectivity index is 1.22. The number of amides is 1. The van der Waals surface area contributed by atoms with Gasteiger partial charge >= 0.3 is 0 Å². The van der Waals surface area contributed by atoms with Crippen LogP contribution in [-0.4, -0.2) is 21.0 Å². The molecule has 0 bridgehead atoms. The highest BCUT2D eigenvalue weighted by Crippen LogP contribution is 2.32. The molecule has 0 saturated heterocycles. The zero-order valence-corrected chi connectivity index (χ0v) is 21.6. The molecule has 5 rings (SSSR count). The lowest BCUT2D eigenvalue weighted by molar-refractivity contribution is -0.115. The summed E-state index contributed by atoms with van der Waals surface area (Å²) >= 11 is 17.8. The molecule has 0 spiro atoms. The maximum Gasteiger partial charge on any atom is 0.250 e. The molecule has 0 fully saturated rings. The number of hydrogen-bond donors (Lipinski definition) is 2. The van der Waals surface area contributed by atoms with Gasteiger partial charge in [0.1, 0.15) is 11.5 Å². The van der Waals surface area contributed by atoms with E-state index in [1.165, 1.54) is 6.08 Å². The smallest absolute Gasteiger partial charge is 0.250 e. The maximum absolute atomic E-state index is 12.4. The van der Waals surface area contributed by atoms with E-state index in [-0.39, 0.29) is 5.11 Å². The minimum atomic E-state index is -0.423. The molecule has 0 saturated carbocycles. The highest BCUT2D eigenvalue weighted by molar-refractivity contribution is 7.80. The van der Waals surface area contributed by atoms with Crippen molar-refractivity contribution in [2.24, 2.45) is 0 Å². The molecule has 0 aliphatic carbocycles. The Bertz CT molecular complexity index is 1640. The first kappa shape index (κ1) is 24.7. The molecule has 37 heavy (non-hydrogen) atoms. The summed E-state index contributed by atoms with van der Waals surface area (Å²) in [5, 5.41) is 6.77. The van der Waals surface area contributed by atoms with Crippen LogP contribution in [0.2, 0.25) is 10.0 Å². The fraction of sp³-hybridized carbons (Fsp3) is 0.0370. The fourth-order valence-electron chi connectivity index (χ4n) is 3.47. The van der Waals surface area contributed by atoms with E-state index in [4.69, 9.17) is 44.3 Å².